The molecule has 2 aromatic carbocycles. The van der Waals surface area contributed by atoms with Gasteiger partial charge < -0.3 is 10.3 Å². The summed E-state index contributed by atoms with van der Waals surface area (Å²) in [6.07, 6.45) is 1.64. The normalized spacial score (nSPS) is 11.3. The molecule has 0 saturated heterocycles. The molecule has 0 radical (unpaired) electrons. The number of anilines is 1. The fourth-order valence-electron chi connectivity index (χ4n) is 3.35. The number of hydrogen-bond donors (Lipinski definition) is 2. The average molecular weight is 494 g/mol. The van der Waals surface area contributed by atoms with Gasteiger partial charge in [0.25, 0.3) is 5.56 Å². The number of halogens is 1. The molecule has 0 unspecified atom stereocenters. The first kappa shape index (κ1) is 19.7. The molecule has 5 aromatic rings. The van der Waals surface area contributed by atoms with E-state index in [-0.39, 0.29) is 24.4 Å². The second-order valence-corrected chi connectivity index (χ2v) is 8.86. The Morgan fingerprint density at radius 1 is 1.16 bits per heavy atom. The predicted octanol–water partition coefficient (Wildman–Crippen LogP) is 4.79. The maximum Gasteiger partial charge on any atom is 0.261 e. The van der Waals surface area contributed by atoms with Crippen molar-refractivity contribution in [1.29, 1.82) is 0 Å². The second kappa shape index (κ2) is 8.09. The molecule has 0 aliphatic heterocycles. The van der Waals surface area contributed by atoms with Gasteiger partial charge in [0, 0.05) is 23.1 Å². The van der Waals surface area contributed by atoms with Crippen LogP contribution in [0.3, 0.4) is 0 Å². The van der Waals surface area contributed by atoms with Gasteiger partial charge in [0.1, 0.15) is 5.82 Å². The SMILES string of the molecule is O=C(CCn1cnc2ccc(Br)cc2c1=O)Nc1ccc2nc(-c3cccs3)[nH]c2c1. The number of aryl methyl sites for hydroxylation is 1. The van der Waals surface area contributed by atoms with Gasteiger partial charge >= 0.3 is 0 Å². The molecule has 3 heterocycles. The van der Waals surface area contributed by atoms with Gasteiger partial charge in [-0.1, -0.05) is 22.0 Å². The number of carbonyl (C=O) groups excluding carboxylic acids is 1. The topological polar surface area (TPSA) is 92.7 Å². The highest BCUT2D eigenvalue weighted by Crippen LogP contribution is 2.26. The number of amides is 1. The van der Waals surface area contributed by atoms with Crippen molar-refractivity contribution in [3.63, 3.8) is 0 Å². The molecule has 154 valence electrons. The summed E-state index contributed by atoms with van der Waals surface area (Å²) in [7, 11) is 0. The summed E-state index contributed by atoms with van der Waals surface area (Å²) in [6.45, 7) is 0.245. The first-order valence-electron chi connectivity index (χ1n) is 9.55. The van der Waals surface area contributed by atoms with Crippen LogP contribution in [0.15, 0.2) is 69.5 Å². The second-order valence-electron chi connectivity index (χ2n) is 7.00. The maximum absolute atomic E-state index is 12.7. The Morgan fingerprint density at radius 3 is 2.87 bits per heavy atom. The lowest BCUT2D eigenvalue weighted by Gasteiger charge is -2.08. The molecule has 0 saturated carbocycles. The number of thiophene rings is 1. The minimum atomic E-state index is -0.182. The van der Waals surface area contributed by atoms with Crippen molar-refractivity contribution in [3.05, 3.63) is 75.1 Å². The third-order valence-electron chi connectivity index (χ3n) is 4.89. The molecule has 1 amide bonds. The lowest BCUT2D eigenvalue weighted by molar-refractivity contribution is -0.116. The Labute approximate surface area is 188 Å². The van der Waals surface area contributed by atoms with E-state index < -0.39 is 0 Å². The number of hydrogen-bond acceptors (Lipinski definition) is 5. The van der Waals surface area contributed by atoms with Gasteiger partial charge in [-0.15, -0.1) is 11.3 Å². The summed E-state index contributed by atoms with van der Waals surface area (Å²) in [6, 6.07) is 14.9. The molecule has 0 fully saturated rings. The summed E-state index contributed by atoms with van der Waals surface area (Å²) in [5, 5.41) is 5.41. The van der Waals surface area contributed by atoms with E-state index in [1.807, 2.05) is 41.8 Å². The fraction of sp³-hybridized carbons (Fsp3) is 0.0909. The predicted molar refractivity (Wildman–Crippen MR) is 126 cm³/mol. The van der Waals surface area contributed by atoms with Crippen LogP contribution in [0.4, 0.5) is 5.69 Å². The lowest BCUT2D eigenvalue weighted by Crippen LogP contribution is -2.23. The quantitative estimate of drug-likeness (QED) is 0.368. The number of nitrogens with zero attached hydrogens (tertiary/aromatic N) is 3. The first-order valence-corrected chi connectivity index (χ1v) is 11.2. The summed E-state index contributed by atoms with van der Waals surface area (Å²) in [5.74, 6) is 0.627. The van der Waals surface area contributed by atoms with Crippen LogP contribution >= 0.6 is 27.3 Å². The monoisotopic (exact) mass is 493 g/mol. The zero-order chi connectivity index (χ0) is 21.4. The number of imidazole rings is 1. The van der Waals surface area contributed by atoms with Gasteiger partial charge in [-0.3, -0.25) is 14.2 Å². The summed E-state index contributed by atoms with van der Waals surface area (Å²) >= 11 is 4.99. The molecule has 0 aliphatic rings. The van der Waals surface area contributed by atoms with Gasteiger partial charge in [-0.05, 0) is 47.8 Å². The van der Waals surface area contributed by atoms with Crippen LogP contribution in [0.2, 0.25) is 0 Å². The molecule has 5 rings (SSSR count). The average Bonchev–Trinajstić information content (AvgIpc) is 3.43. The van der Waals surface area contributed by atoms with E-state index in [2.05, 4.69) is 36.2 Å². The Balaban J connectivity index is 1.29. The Kier molecular flexibility index (Phi) is 5.13. The molecule has 0 spiro atoms. The molecule has 0 aliphatic carbocycles. The summed E-state index contributed by atoms with van der Waals surface area (Å²) in [4.78, 5) is 38.4. The van der Waals surface area contributed by atoms with Gasteiger partial charge in [0.2, 0.25) is 5.91 Å². The van der Waals surface area contributed by atoms with E-state index in [1.165, 1.54) is 10.9 Å². The minimum Gasteiger partial charge on any atom is -0.337 e. The Hall–Kier alpha value is -3.30. The zero-order valence-corrected chi connectivity index (χ0v) is 18.5. The van der Waals surface area contributed by atoms with Crippen molar-refractivity contribution < 1.29 is 4.79 Å². The highest BCUT2D eigenvalue weighted by molar-refractivity contribution is 9.10. The Morgan fingerprint density at radius 2 is 2.03 bits per heavy atom. The molecule has 31 heavy (non-hydrogen) atoms. The number of carbonyl (C=O) groups is 1. The first-order chi connectivity index (χ1) is 15.1. The minimum absolute atomic E-state index is 0.155. The van der Waals surface area contributed by atoms with Gasteiger partial charge in [0.05, 0.1) is 33.1 Å². The molecule has 7 nitrogen and oxygen atoms in total. The standard InChI is InChI=1S/C22H16BrN5O2S/c23-13-3-5-16-15(10-13)22(30)28(12-24-16)8-7-20(29)25-14-4-6-17-18(11-14)27-21(26-17)19-2-1-9-31-19/h1-6,9-12H,7-8H2,(H,25,29)(H,26,27). The van der Waals surface area contributed by atoms with Crippen LogP contribution in [0, 0.1) is 0 Å². The molecular weight excluding hydrogens is 478 g/mol. The largest absolute Gasteiger partial charge is 0.337 e. The van der Waals surface area contributed by atoms with Crippen molar-refractivity contribution in [2.24, 2.45) is 0 Å². The van der Waals surface area contributed by atoms with E-state index in [9.17, 15) is 9.59 Å². The van der Waals surface area contributed by atoms with Crippen molar-refractivity contribution in [3.8, 4) is 10.7 Å². The highest BCUT2D eigenvalue weighted by Gasteiger charge is 2.10. The number of fused-ring (bicyclic) bond motifs is 2. The third kappa shape index (κ3) is 4.01. The number of nitrogens with one attached hydrogen (secondary N) is 2. The van der Waals surface area contributed by atoms with Crippen LogP contribution in [0.5, 0.6) is 0 Å². The van der Waals surface area contributed by atoms with E-state index in [1.54, 1.807) is 23.5 Å². The van der Waals surface area contributed by atoms with Crippen LogP contribution in [0.1, 0.15) is 6.42 Å². The lowest BCUT2D eigenvalue weighted by atomic mass is 10.2. The van der Waals surface area contributed by atoms with E-state index >= 15 is 0 Å². The summed E-state index contributed by atoms with van der Waals surface area (Å²) in [5.41, 5.74) is 2.82. The van der Waals surface area contributed by atoms with Crippen molar-refractivity contribution >= 4 is 60.8 Å². The number of rotatable bonds is 5. The third-order valence-corrected chi connectivity index (χ3v) is 6.26. The van der Waals surface area contributed by atoms with E-state index in [0.29, 0.717) is 16.6 Å². The van der Waals surface area contributed by atoms with E-state index in [0.717, 1.165) is 26.2 Å². The van der Waals surface area contributed by atoms with Gasteiger partial charge in [0.15, 0.2) is 0 Å². The molecule has 0 bridgehead atoms. The zero-order valence-electron chi connectivity index (χ0n) is 16.1. The summed E-state index contributed by atoms with van der Waals surface area (Å²) < 4.78 is 2.27. The smallest absolute Gasteiger partial charge is 0.261 e. The molecule has 2 N–H and O–H groups in total. The van der Waals surface area contributed by atoms with Gasteiger partial charge in [-0.2, -0.15) is 0 Å². The number of aromatic nitrogens is 4. The van der Waals surface area contributed by atoms with Crippen LogP contribution < -0.4 is 10.9 Å². The van der Waals surface area contributed by atoms with Crippen molar-refractivity contribution in [2.45, 2.75) is 13.0 Å². The Bertz CT molecular complexity index is 1470. The number of benzene rings is 2. The fourth-order valence-corrected chi connectivity index (χ4v) is 4.38. The molecular formula is C22H16BrN5O2S. The van der Waals surface area contributed by atoms with Crippen molar-refractivity contribution in [1.82, 2.24) is 19.5 Å². The molecule has 0 atom stereocenters. The maximum atomic E-state index is 12.7. The van der Waals surface area contributed by atoms with E-state index in [4.69, 9.17) is 0 Å². The van der Waals surface area contributed by atoms with Crippen LogP contribution in [0.25, 0.3) is 32.6 Å². The number of aromatic amines is 1. The molecule has 9 heteroatoms. The van der Waals surface area contributed by atoms with Gasteiger partial charge in [-0.25, -0.2) is 9.97 Å². The number of H-pyrrole nitrogens is 1. The van der Waals surface area contributed by atoms with Crippen molar-refractivity contribution in [2.75, 3.05) is 5.32 Å². The van der Waals surface area contributed by atoms with Crippen LogP contribution in [-0.2, 0) is 11.3 Å². The van der Waals surface area contributed by atoms with Crippen LogP contribution in [-0.4, -0.2) is 25.4 Å². The highest BCUT2D eigenvalue weighted by atomic mass is 79.9. The molecule has 3 aromatic heterocycles.